The summed E-state index contributed by atoms with van der Waals surface area (Å²) < 4.78 is 10.4. The second-order valence-corrected chi connectivity index (χ2v) is 4.96. The first-order valence-electron chi connectivity index (χ1n) is 7.33. The number of methoxy groups -OCH3 is 1. The molecule has 0 radical (unpaired) electrons. The first-order valence-corrected chi connectivity index (χ1v) is 7.33. The predicted octanol–water partition coefficient (Wildman–Crippen LogP) is 1.53. The molecule has 7 heteroatoms. The third kappa shape index (κ3) is 5.28. The highest BCUT2D eigenvalue weighted by atomic mass is 16.5. The molecular weight excluding hydrogens is 310 g/mol. The van der Waals surface area contributed by atoms with Crippen LogP contribution in [0.5, 0.6) is 11.5 Å². The van der Waals surface area contributed by atoms with Crippen molar-refractivity contribution in [2.45, 2.75) is 6.92 Å². The Bertz CT molecular complexity index is 701. The minimum absolute atomic E-state index is 0.152. The minimum Gasteiger partial charge on any atom is -0.497 e. The molecule has 0 saturated heterocycles. The summed E-state index contributed by atoms with van der Waals surface area (Å²) in [7, 11) is 1.57. The van der Waals surface area contributed by atoms with Crippen LogP contribution in [0.4, 0.5) is 5.82 Å². The maximum Gasteiger partial charge on any atom is 0.258 e. The number of pyridine rings is 1. The lowest BCUT2D eigenvalue weighted by Gasteiger charge is -2.09. The monoisotopic (exact) mass is 329 g/mol. The lowest BCUT2D eigenvalue weighted by atomic mass is 10.3. The van der Waals surface area contributed by atoms with Crippen molar-refractivity contribution in [3.8, 4) is 11.5 Å². The van der Waals surface area contributed by atoms with Gasteiger partial charge in [0.15, 0.2) is 6.61 Å². The summed E-state index contributed by atoms with van der Waals surface area (Å²) >= 11 is 0. The number of rotatable bonds is 7. The fourth-order valence-corrected chi connectivity index (χ4v) is 1.84. The Morgan fingerprint density at radius 3 is 2.46 bits per heavy atom. The third-order valence-corrected chi connectivity index (χ3v) is 3.14. The highest BCUT2D eigenvalue weighted by Gasteiger charge is 2.08. The average Bonchev–Trinajstić information content (AvgIpc) is 2.60. The van der Waals surface area contributed by atoms with Gasteiger partial charge in [-0.2, -0.15) is 0 Å². The van der Waals surface area contributed by atoms with Crippen LogP contribution < -0.4 is 20.1 Å². The van der Waals surface area contributed by atoms with Crippen LogP contribution in [0.3, 0.4) is 0 Å². The van der Waals surface area contributed by atoms with Crippen molar-refractivity contribution in [3.63, 3.8) is 0 Å². The molecule has 0 aliphatic carbocycles. The maximum absolute atomic E-state index is 11.8. The highest BCUT2D eigenvalue weighted by molar-refractivity contribution is 5.94. The van der Waals surface area contributed by atoms with Gasteiger partial charge in [-0.05, 0) is 42.8 Å². The van der Waals surface area contributed by atoms with Gasteiger partial charge in [-0.3, -0.25) is 9.59 Å². The molecule has 0 aliphatic rings. The van der Waals surface area contributed by atoms with E-state index in [4.69, 9.17) is 9.47 Å². The van der Waals surface area contributed by atoms with Gasteiger partial charge < -0.3 is 20.1 Å². The van der Waals surface area contributed by atoms with Crippen molar-refractivity contribution in [3.05, 3.63) is 48.2 Å². The molecular formula is C17H19N3O4. The quantitative estimate of drug-likeness (QED) is 0.804. The van der Waals surface area contributed by atoms with E-state index in [1.165, 1.54) is 0 Å². The van der Waals surface area contributed by atoms with E-state index in [0.717, 1.165) is 5.56 Å². The second kappa shape index (κ2) is 8.52. The Balaban J connectivity index is 1.72. The number of aromatic nitrogens is 1. The van der Waals surface area contributed by atoms with Crippen LogP contribution in [0, 0.1) is 6.92 Å². The molecule has 2 N–H and O–H groups in total. The number of anilines is 1. The van der Waals surface area contributed by atoms with Crippen LogP contribution in [0.25, 0.3) is 0 Å². The van der Waals surface area contributed by atoms with Gasteiger partial charge in [0.2, 0.25) is 5.91 Å². The largest absolute Gasteiger partial charge is 0.497 e. The lowest BCUT2D eigenvalue weighted by Crippen LogP contribution is -2.36. The van der Waals surface area contributed by atoms with Crippen molar-refractivity contribution in [1.82, 2.24) is 10.3 Å². The van der Waals surface area contributed by atoms with Crippen LogP contribution in [-0.2, 0) is 9.59 Å². The number of hydrogen-bond acceptors (Lipinski definition) is 5. The van der Waals surface area contributed by atoms with Crippen molar-refractivity contribution in [2.75, 3.05) is 25.6 Å². The van der Waals surface area contributed by atoms with Crippen LogP contribution in [0.2, 0.25) is 0 Å². The minimum atomic E-state index is -0.390. The van der Waals surface area contributed by atoms with Gasteiger partial charge in [0.1, 0.15) is 17.3 Å². The number of amides is 2. The Kier molecular flexibility index (Phi) is 6.13. The summed E-state index contributed by atoms with van der Waals surface area (Å²) in [6.45, 7) is 1.51. The molecule has 7 nitrogen and oxygen atoms in total. The zero-order valence-corrected chi connectivity index (χ0v) is 13.5. The number of carbonyl (C=O) groups excluding carboxylic acids is 2. The van der Waals surface area contributed by atoms with Crippen LogP contribution >= 0.6 is 0 Å². The predicted molar refractivity (Wildman–Crippen MR) is 89.1 cm³/mol. The zero-order valence-electron chi connectivity index (χ0n) is 13.5. The van der Waals surface area contributed by atoms with Crippen LogP contribution in [0.1, 0.15) is 5.56 Å². The van der Waals surface area contributed by atoms with Crippen molar-refractivity contribution in [1.29, 1.82) is 0 Å². The van der Waals surface area contributed by atoms with E-state index in [9.17, 15) is 9.59 Å². The van der Waals surface area contributed by atoms with Gasteiger partial charge in [0.05, 0.1) is 13.7 Å². The van der Waals surface area contributed by atoms with E-state index >= 15 is 0 Å². The fourth-order valence-electron chi connectivity index (χ4n) is 1.84. The van der Waals surface area contributed by atoms with Crippen molar-refractivity contribution >= 4 is 17.6 Å². The average molecular weight is 329 g/mol. The summed E-state index contributed by atoms with van der Waals surface area (Å²) in [6.07, 6.45) is 1.59. The Hall–Kier alpha value is -3.09. The molecule has 2 amide bonds. The number of ether oxygens (including phenoxy) is 2. The van der Waals surface area contributed by atoms with Crippen LogP contribution in [-0.4, -0.2) is 37.1 Å². The summed E-state index contributed by atoms with van der Waals surface area (Å²) in [5, 5.41) is 5.12. The lowest BCUT2D eigenvalue weighted by molar-refractivity contribution is -0.125. The zero-order chi connectivity index (χ0) is 17.4. The smallest absolute Gasteiger partial charge is 0.258 e. The van der Waals surface area contributed by atoms with E-state index in [-0.39, 0.29) is 19.1 Å². The molecule has 0 atom stereocenters. The molecule has 24 heavy (non-hydrogen) atoms. The summed E-state index contributed by atoms with van der Waals surface area (Å²) in [4.78, 5) is 27.6. The number of carbonyl (C=O) groups is 2. The molecule has 0 aliphatic heterocycles. The molecule has 0 bridgehead atoms. The number of hydrogen-bond donors (Lipinski definition) is 2. The number of nitrogens with one attached hydrogen (secondary N) is 2. The topological polar surface area (TPSA) is 89.5 Å². The molecule has 0 fully saturated rings. The van der Waals surface area contributed by atoms with Gasteiger partial charge in [-0.1, -0.05) is 6.07 Å². The maximum atomic E-state index is 11.8. The Morgan fingerprint density at radius 2 is 1.79 bits per heavy atom. The molecule has 0 unspecified atom stereocenters. The van der Waals surface area contributed by atoms with E-state index in [1.54, 1.807) is 43.6 Å². The van der Waals surface area contributed by atoms with Gasteiger partial charge in [-0.15, -0.1) is 0 Å². The Morgan fingerprint density at radius 1 is 1.08 bits per heavy atom. The fraction of sp³-hybridized carbons (Fsp3) is 0.235. The summed E-state index contributed by atoms with van der Waals surface area (Å²) in [6, 6.07) is 10.5. The van der Waals surface area contributed by atoms with E-state index < -0.39 is 5.91 Å². The standard InChI is InChI=1S/C17H19N3O4/c1-12-4-3-9-18-17(12)20-15(21)10-19-16(22)11-24-14-7-5-13(23-2)6-8-14/h3-9H,10-11H2,1-2H3,(H,19,22)(H,18,20,21). The first kappa shape index (κ1) is 17.3. The summed E-state index contributed by atoms with van der Waals surface area (Å²) in [5.41, 5.74) is 0.847. The number of aryl methyl sites for hydroxylation is 1. The molecule has 2 rings (SSSR count). The third-order valence-electron chi connectivity index (χ3n) is 3.14. The van der Waals surface area contributed by atoms with Crippen LogP contribution in [0.15, 0.2) is 42.6 Å². The molecule has 1 aromatic carbocycles. The first-order chi connectivity index (χ1) is 11.6. The molecule has 1 aromatic heterocycles. The normalized spacial score (nSPS) is 9.92. The van der Waals surface area contributed by atoms with Crippen molar-refractivity contribution < 1.29 is 19.1 Å². The van der Waals surface area contributed by atoms with E-state index in [1.807, 2.05) is 13.0 Å². The molecule has 126 valence electrons. The number of benzene rings is 1. The molecule has 2 aromatic rings. The summed E-state index contributed by atoms with van der Waals surface area (Å²) in [5.74, 6) is 0.979. The van der Waals surface area contributed by atoms with Crippen molar-refractivity contribution in [2.24, 2.45) is 0 Å². The van der Waals surface area contributed by atoms with Gasteiger partial charge in [-0.25, -0.2) is 4.98 Å². The van der Waals surface area contributed by atoms with Gasteiger partial charge in [0.25, 0.3) is 5.91 Å². The van der Waals surface area contributed by atoms with Gasteiger partial charge in [0, 0.05) is 6.20 Å². The van der Waals surface area contributed by atoms with E-state index in [0.29, 0.717) is 17.3 Å². The highest BCUT2D eigenvalue weighted by Crippen LogP contribution is 2.16. The number of nitrogens with zero attached hydrogens (tertiary/aromatic N) is 1. The molecule has 0 spiro atoms. The van der Waals surface area contributed by atoms with E-state index in [2.05, 4.69) is 15.6 Å². The van der Waals surface area contributed by atoms with Gasteiger partial charge >= 0.3 is 0 Å². The Labute approximate surface area is 140 Å². The molecule has 1 heterocycles. The second-order valence-electron chi connectivity index (χ2n) is 4.96. The SMILES string of the molecule is COc1ccc(OCC(=O)NCC(=O)Nc2ncccc2C)cc1. The molecule has 0 saturated carbocycles.